The maximum atomic E-state index is 13.3. The molecule has 0 aromatic heterocycles. The number of benzene rings is 4. The number of ether oxygens (including phenoxy) is 3. The summed E-state index contributed by atoms with van der Waals surface area (Å²) in [5, 5.41) is 12.0. The summed E-state index contributed by atoms with van der Waals surface area (Å²) in [7, 11) is 3.21. The van der Waals surface area contributed by atoms with Crippen LogP contribution in [0.3, 0.4) is 0 Å². The molecule has 1 saturated heterocycles. The van der Waals surface area contributed by atoms with E-state index >= 15 is 0 Å². The number of carbonyl (C=O) groups is 1. The summed E-state index contributed by atoms with van der Waals surface area (Å²) in [4.78, 5) is 29.3. The largest absolute Gasteiger partial charge is 0.484 e. The van der Waals surface area contributed by atoms with E-state index in [4.69, 9.17) is 40.0 Å². The Balaban J connectivity index is 1.26. The Morgan fingerprint density at radius 1 is 0.931 bits per heavy atom. The van der Waals surface area contributed by atoms with Crippen LogP contribution in [0, 0.1) is 17.2 Å². The summed E-state index contributed by atoms with van der Waals surface area (Å²) in [6, 6.07) is 41.7. The first-order valence-corrected chi connectivity index (χ1v) is 21.6. The van der Waals surface area contributed by atoms with Crippen molar-refractivity contribution in [3.63, 3.8) is 0 Å². The molecule has 300 valence electrons. The van der Waals surface area contributed by atoms with Gasteiger partial charge in [-0.1, -0.05) is 109 Å². The number of rotatable bonds is 14. The molecule has 0 aliphatic carbocycles. The molecule has 1 fully saturated rings. The highest BCUT2D eigenvalue weighted by Crippen LogP contribution is 2.55. The average molecular weight is 822 g/mol. The number of guanidine groups is 1. The van der Waals surface area contributed by atoms with E-state index in [0.717, 1.165) is 16.7 Å². The molecule has 6 atom stereocenters. The second-order valence-electron chi connectivity index (χ2n) is 14.3. The van der Waals surface area contributed by atoms with Crippen molar-refractivity contribution in [3.8, 4) is 11.8 Å². The van der Waals surface area contributed by atoms with E-state index < -0.39 is 42.7 Å². The molecule has 3 aliphatic rings. The standard InChI is InChI=1S/C43H45ClN7O6P/c1-50(2)58(44,53)56-28-36-26-34(43(31-16-7-3-8-17-31,32-18-9-4-10-19-32)33-20-11-5-12-21-33)27-38(57-36)51-30-46-39-40(51)48-42(49-41(39)54-25-15-24-45)47-37(52)29-55-35-22-13-6-14-23-35/h3-14,16-23,30,34,36,38-40H,15,25-29H2,1-2H3,(H,47,48,52)/t34?,36-,38+,39?,40?,58?/m0/s1. The molecule has 1 amide bonds. The predicted octanol–water partition coefficient (Wildman–Crippen LogP) is 7.00. The Morgan fingerprint density at radius 3 is 2.09 bits per heavy atom. The highest BCUT2D eigenvalue weighted by molar-refractivity contribution is 7.83. The summed E-state index contributed by atoms with van der Waals surface area (Å²) >= 11 is 6.41. The summed E-state index contributed by atoms with van der Waals surface area (Å²) < 4.78 is 39.1. The summed E-state index contributed by atoms with van der Waals surface area (Å²) in [6.07, 6.45) is 0.885. The molecule has 58 heavy (non-hydrogen) atoms. The van der Waals surface area contributed by atoms with Crippen molar-refractivity contribution < 1.29 is 28.1 Å². The third kappa shape index (κ3) is 9.02. The molecule has 3 aliphatic heterocycles. The van der Waals surface area contributed by atoms with Crippen LogP contribution < -0.4 is 10.1 Å². The van der Waals surface area contributed by atoms with Gasteiger partial charge in [-0.15, -0.1) is 0 Å². The minimum absolute atomic E-state index is 0.0128. The van der Waals surface area contributed by atoms with Gasteiger partial charge in [-0.25, -0.2) is 9.66 Å². The fraction of sp³-hybridized carbons (Fsp3) is 0.326. The van der Waals surface area contributed by atoms with Crippen LogP contribution in [0.2, 0.25) is 0 Å². The molecule has 4 aromatic carbocycles. The van der Waals surface area contributed by atoms with E-state index in [1.807, 2.05) is 41.3 Å². The lowest BCUT2D eigenvalue weighted by atomic mass is 9.59. The molecule has 3 heterocycles. The van der Waals surface area contributed by atoms with Gasteiger partial charge in [-0.3, -0.25) is 19.7 Å². The van der Waals surface area contributed by atoms with Gasteiger partial charge in [-0.05, 0) is 72.9 Å². The molecule has 0 saturated carbocycles. The Morgan fingerprint density at radius 2 is 1.52 bits per heavy atom. The maximum absolute atomic E-state index is 13.3. The van der Waals surface area contributed by atoms with Crippen LogP contribution in [0.1, 0.15) is 36.0 Å². The number of nitriles is 1. The fourth-order valence-electron chi connectivity index (χ4n) is 7.80. The highest BCUT2D eigenvalue weighted by Gasteiger charge is 2.51. The van der Waals surface area contributed by atoms with Gasteiger partial charge < -0.3 is 23.6 Å². The van der Waals surface area contributed by atoms with Gasteiger partial charge in [0.25, 0.3) is 5.91 Å². The lowest BCUT2D eigenvalue weighted by Crippen LogP contribution is -2.55. The third-order valence-electron chi connectivity index (χ3n) is 10.4. The van der Waals surface area contributed by atoms with E-state index in [2.05, 4.69) is 89.2 Å². The monoisotopic (exact) mass is 821 g/mol. The van der Waals surface area contributed by atoms with Crippen molar-refractivity contribution >= 4 is 42.2 Å². The van der Waals surface area contributed by atoms with E-state index in [-0.39, 0.29) is 44.0 Å². The van der Waals surface area contributed by atoms with Gasteiger partial charge in [0.15, 0.2) is 18.8 Å². The molecule has 15 heteroatoms. The van der Waals surface area contributed by atoms with Gasteiger partial charge in [0, 0.05) is 5.41 Å². The zero-order valence-corrected chi connectivity index (χ0v) is 33.9. The summed E-state index contributed by atoms with van der Waals surface area (Å²) in [6.45, 7) is -3.89. The van der Waals surface area contributed by atoms with Crippen LogP contribution in [-0.2, 0) is 28.8 Å². The van der Waals surface area contributed by atoms with Crippen molar-refractivity contribution in [3.05, 3.63) is 138 Å². The molecule has 7 rings (SSSR count). The molecule has 0 radical (unpaired) electrons. The quantitative estimate of drug-likeness (QED) is 0.0806. The lowest BCUT2D eigenvalue weighted by molar-refractivity contribution is -0.144. The second kappa shape index (κ2) is 18.5. The Hall–Kier alpha value is -5.35. The van der Waals surface area contributed by atoms with Crippen molar-refractivity contribution in [1.82, 2.24) is 14.9 Å². The number of para-hydroxylation sites is 1. The first-order valence-electron chi connectivity index (χ1n) is 19.1. The van der Waals surface area contributed by atoms with E-state index in [0.29, 0.717) is 18.6 Å². The predicted molar refractivity (Wildman–Crippen MR) is 223 cm³/mol. The number of carbonyl (C=O) groups excluding carboxylic acids is 1. The first-order chi connectivity index (χ1) is 28.2. The lowest BCUT2D eigenvalue weighted by Gasteiger charge is -2.49. The van der Waals surface area contributed by atoms with E-state index in [1.54, 1.807) is 32.6 Å². The topological polar surface area (TPSA) is 150 Å². The summed E-state index contributed by atoms with van der Waals surface area (Å²) in [5.41, 5.74) is 2.62. The average Bonchev–Trinajstić information content (AvgIpc) is 3.68. The van der Waals surface area contributed by atoms with Crippen LogP contribution in [-0.4, -0.2) is 92.1 Å². The molecule has 1 N–H and O–H groups in total. The van der Waals surface area contributed by atoms with Gasteiger partial charge in [0.1, 0.15) is 18.6 Å². The number of halogens is 1. The zero-order chi connectivity index (χ0) is 40.5. The van der Waals surface area contributed by atoms with Gasteiger partial charge >= 0.3 is 6.87 Å². The molecule has 0 bridgehead atoms. The SMILES string of the molecule is CN(C)P(=O)(Cl)OC[C@@H]1CC(C(c2ccccc2)(c2ccccc2)c2ccccc2)C[C@H](N2C=NC3C(OCCC#N)=NC(NC(=O)COc4ccccc4)=NC32)O1. The fourth-order valence-corrected chi connectivity index (χ4v) is 8.55. The third-order valence-corrected chi connectivity index (χ3v) is 13.0. The number of amides is 1. The van der Waals surface area contributed by atoms with Gasteiger partial charge in [-0.2, -0.15) is 10.3 Å². The second-order valence-corrected chi connectivity index (χ2v) is 17.5. The van der Waals surface area contributed by atoms with Crippen molar-refractivity contribution in [2.75, 3.05) is 33.9 Å². The van der Waals surface area contributed by atoms with Gasteiger partial charge in [0.05, 0.1) is 31.5 Å². The van der Waals surface area contributed by atoms with Crippen molar-refractivity contribution in [2.45, 2.75) is 49.2 Å². The van der Waals surface area contributed by atoms with Gasteiger partial charge in [0.2, 0.25) is 11.9 Å². The molecule has 4 aromatic rings. The Kier molecular flexibility index (Phi) is 13.0. The Bertz CT molecular complexity index is 2090. The number of hydrogen-bond acceptors (Lipinski definition) is 11. The minimum atomic E-state index is -3.65. The minimum Gasteiger partial charge on any atom is -0.484 e. The zero-order valence-electron chi connectivity index (χ0n) is 32.2. The highest BCUT2D eigenvalue weighted by atomic mass is 35.7. The van der Waals surface area contributed by atoms with Crippen LogP contribution in [0.5, 0.6) is 5.75 Å². The van der Waals surface area contributed by atoms with Crippen LogP contribution in [0.4, 0.5) is 0 Å². The summed E-state index contributed by atoms with van der Waals surface area (Å²) in [5.74, 6) is 0.164. The normalized spacial score (nSPS) is 22.5. The molecular formula is C43H45ClN7O6P. The molecular weight excluding hydrogens is 777 g/mol. The molecule has 13 nitrogen and oxygen atoms in total. The van der Waals surface area contributed by atoms with Crippen molar-refractivity contribution in [1.29, 1.82) is 5.26 Å². The molecule has 0 spiro atoms. The maximum Gasteiger partial charge on any atom is 0.362 e. The number of hydrogen-bond donors (Lipinski definition) is 1. The first kappa shape index (κ1) is 40.8. The van der Waals surface area contributed by atoms with Crippen LogP contribution in [0.15, 0.2) is 136 Å². The number of aliphatic imine (C=N–C) groups is 3. The van der Waals surface area contributed by atoms with E-state index in [1.165, 1.54) is 4.67 Å². The molecule has 4 unspecified atom stereocenters. The van der Waals surface area contributed by atoms with Crippen LogP contribution in [0.25, 0.3) is 0 Å². The number of nitrogens with one attached hydrogen (secondary N) is 1. The van der Waals surface area contributed by atoms with E-state index in [9.17, 15) is 14.6 Å². The Labute approximate surface area is 343 Å². The smallest absolute Gasteiger partial charge is 0.362 e. The van der Waals surface area contributed by atoms with Crippen molar-refractivity contribution in [2.24, 2.45) is 20.9 Å². The number of nitrogens with zero attached hydrogens (tertiary/aromatic N) is 6. The number of fused-ring (bicyclic) bond motifs is 1. The van der Waals surface area contributed by atoms with Crippen LogP contribution >= 0.6 is 18.1 Å².